The Bertz CT molecular complexity index is 772. The fraction of sp³-hybridized carbons (Fsp3) is 0.143. The molecule has 7 nitrogen and oxygen atoms in total. The van der Waals surface area contributed by atoms with Crippen LogP contribution in [0, 0.1) is 6.92 Å². The number of carboxylic acids is 1. The van der Waals surface area contributed by atoms with Gasteiger partial charge in [-0.05, 0) is 19.1 Å². The van der Waals surface area contributed by atoms with Crippen LogP contribution in [-0.2, 0) is 7.05 Å². The Morgan fingerprint density at radius 1 is 1.14 bits per heavy atom. The number of hydrogen-bond acceptors (Lipinski definition) is 4. The number of aryl methyl sites for hydroxylation is 2. The van der Waals surface area contributed by atoms with E-state index in [0.29, 0.717) is 5.69 Å². The normalized spacial score (nSPS) is 13.7. The van der Waals surface area contributed by atoms with Crippen molar-refractivity contribution < 1.29 is 19.5 Å². The molecule has 0 fully saturated rings. The Kier molecular flexibility index (Phi) is 2.65. The molecule has 0 spiro atoms. The van der Waals surface area contributed by atoms with E-state index in [9.17, 15) is 19.5 Å². The Labute approximate surface area is 119 Å². The summed E-state index contributed by atoms with van der Waals surface area (Å²) >= 11 is 0. The molecular formula is C14H11N3O4. The first-order valence-corrected chi connectivity index (χ1v) is 6.18. The van der Waals surface area contributed by atoms with Crippen molar-refractivity contribution in [1.29, 1.82) is 0 Å². The number of carbonyl (C=O) groups excluding carboxylic acids is 2. The van der Waals surface area contributed by atoms with E-state index in [2.05, 4.69) is 5.10 Å². The van der Waals surface area contributed by atoms with Crippen LogP contribution in [0.2, 0.25) is 0 Å². The van der Waals surface area contributed by atoms with Gasteiger partial charge in [-0.15, -0.1) is 0 Å². The van der Waals surface area contributed by atoms with Crippen LogP contribution in [0.4, 0.5) is 5.69 Å². The highest BCUT2D eigenvalue weighted by Gasteiger charge is 2.40. The predicted octanol–water partition coefficient (Wildman–Crippen LogP) is 1.23. The average Bonchev–Trinajstić information content (AvgIpc) is 2.85. The number of aromatic nitrogens is 2. The zero-order chi connectivity index (χ0) is 15.3. The molecule has 21 heavy (non-hydrogen) atoms. The van der Waals surface area contributed by atoms with E-state index in [1.54, 1.807) is 31.2 Å². The van der Waals surface area contributed by atoms with Crippen molar-refractivity contribution in [3.63, 3.8) is 0 Å². The van der Waals surface area contributed by atoms with E-state index >= 15 is 0 Å². The lowest BCUT2D eigenvalue weighted by molar-refractivity contribution is 0.0686. The number of carboxylic acid groups (broad SMARTS) is 1. The van der Waals surface area contributed by atoms with Crippen LogP contribution in [0.1, 0.15) is 36.9 Å². The Balaban J connectivity index is 2.23. The molecule has 1 aromatic carbocycles. The number of benzene rings is 1. The van der Waals surface area contributed by atoms with Crippen molar-refractivity contribution in [2.24, 2.45) is 7.05 Å². The van der Waals surface area contributed by atoms with Crippen molar-refractivity contribution in [3.05, 3.63) is 46.8 Å². The van der Waals surface area contributed by atoms with Gasteiger partial charge in [-0.1, -0.05) is 12.1 Å². The maximum absolute atomic E-state index is 12.4. The number of anilines is 1. The summed E-state index contributed by atoms with van der Waals surface area (Å²) in [4.78, 5) is 37.1. The number of hydrogen-bond donors (Lipinski definition) is 1. The number of fused-ring (bicyclic) bond motifs is 1. The molecule has 1 N–H and O–H groups in total. The molecule has 0 atom stereocenters. The molecule has 3 rings (SSSR count). The molecule has 1 aliphatic heterocycles. The van der Waals surface area contributed by atoms with Gasteiger partial charge in [0.1, 0.15) is 5.69 Å². The molecular weight excluding hydrogens is 274 g/mol. The summed E-state index contributed by atoms with van der Waals surface area (Å²) < 4.78 is 1.15. The lowest BCUT2D eigenvalue weighted by Gasteiger charge is -2.14. The van der Waals surface area contributed by atoms with Crippen LogP contribution in [0.5, 0.6) is 0 Å². The summed E-state index contributed by atoms with van der Waals surface area (Å²) in [5, 5.41) is 13.3. The average molecular weight is 285 g/mol. The molecule has 2 heterocycles. The van der Waals surface area contributed by atoms with Crippen LogP contribution in [0.15, 0.2) is 24.3 Å². The number of carbonyl (C=O) groups is 3. The summed E-state index contributed by atoms with van der Waals surface area (Å²) in [5.41, 5.74) is 0.673. The van der Waals surface area contributed by atoms with E-state index < -0.39 is 17.8 Å². The smallest absolute Gasteiger partial charge is 0.356 e. The second-order valence-electron chi connectivity index (χ2n) is 4.70. The lowest BCUT2D eigenvalue weighted by atomic mass is 10.1. The maximum Gasteiger partial charge on any atom is 0.356 e. The van der Waals surface area contributed by atoms with Crippen molar-refractivity contribution in [2.45, 2.75) is 6.92 Å². The highest BCUT2D eigenvalue weighted by Crippen LogP contribution is 2.32. The number of amides is 2. The van der Waals surface area contributed by atoms with Gasteiger partial charge in [0.2, 0.25) is 0 Å². The minimum absolute atomic E-state index is 0.0243. The Morgan fingerprint density at radius 3 is 2.14 bits per heavy atom. The van der Waals surface area contributed by atoms with Gasteiger partial charge in [-0.2, -0.15) is 5.10 Å². The largest absolute Gasteiger partial charge is 0.476 e. The third kappa shape index (κ3) is 1.67. The molecule has 0 radical (unpaired) electrons. The van der Waals surface area contributed by atoms with E-state index in [1.165, 1.54) is 7.05 Å². The second-order valence-corrected chi connectivity index (χ2v) is 4.70. The number of nitrogens with zero attached hydrogens (tertiary/aromatic N) is 3. The summed E-state index contributed by atoms with van der Waals surface area (Å²) in [6.45, 7) is 1.56. The third-order valence-electron chi connectivity index (χ3n) is 3.41. The molecule has 0 saturated carbocycles. The highest BCUT2D eigenvalue weighted by molar-refractivity contribution is 6.35. The lowest BCUT2D eigenvalue weighted by Crippen LogP contribution is -2.31. The Morgan fingerprint density at radius 2 is 1.67 bits per heavy atom. The van der Waals surface area contributed by atoms with Gasteiger partial charge in [-0.25, -0.2) is 9.69 Å². The van der Waals surface area contributed by atoms with Gasteiger partial charge in [-0.3, -0.25) is 14.3 Å². The van der Waals surface area contributed by atoms with Crippen molar-refractivity contribution in [1.82, 2.24) is 9.78 Å². The quantitative estimate of drug-likeness (QED) is 0.838. The summed E-state index contributed by atoms with van der Waals surface area (Å²) in [7, 11) is 1.46. The molecule has 2 amide bonds. The van der Waals surface area contributed by atoms with Gasteiger partial charge < -0.3 is 5.11 Å². The number of rotatable bonds is 2. The molecule has 0 unspecified atom stereocenters. The second kappa shape index (κ2) is 4.27. The van der Waals surface area contributed by atoms with Gasteiger partial charge in [0.05, 0.1) is 16.8 Å². The highest BCUT2D eigenvalue weighted by atomic mass is 16.4. The minimum Gasteiger partial charge on any atom is -0.476 e. The SMILES string of the molecule is Cc1nn(C)c(C(=O)O)c1N1C(=O)c2ccccc2C1=O. The molecule has 106 valence electrons. The fourth-order valence-corrected chi connectivity index (χ4v) is 2.55. The fourth-order valence-electron chi connectivity index (χ4n) is 2.55. The van der Waals surface area contributed by atoms with Crippen molar-refractivity contribution >= 4 is 23.5 Å². The zero-order valence-corrected chi connectivity index (χ0v) is 11.3. The van der Waals surface area contributed by atoms with E-state index in [4.69, 9.17) is 0 Å². The molecule has 7 heteroatoms. The van der Waals surface area contributed by atoms with Gasteiger partial charge >= 0.3 is 5.97 Å². The van der Waals surface area contributed by atoms with Crippen LogP contribution in [0.3, 0.4) is 0 Å². The molecule has 0 saturated heterocycles. The molecule has 2 aromatic rings. The van der Waals surface area contributed by atoms with Gasteiger partial charge in [0.15, 0.2) is 5.69 Å². The predicted molar refractivity (Wildman–Crippen MR) is 72.5 cm³/mol. The van der Waals surface area contributed by atoms with Crippen molar-refractivity contribution in [2.75, 3.05) is 4.90 Å². The molecule has 1 aromatic heterocycles. The first-order valence-electron chi connectivity index (χ1n) is 6.18. The van der Waals surface area contributed by atoms with Crippen LogP contribution < -0.4 is 4.90 Å². The van der Waals surface area contributed by atoms with Crippen LogP contribution in [0.25, 0.3) is 0 Å². The topological polar surface area (TPSA) is 92.5 Å². The maximum atomic E-state index is 12.4. The summed E-state index contributed by atoms with van der Waals surface area (Å²) in [5.74, 6) is -2.31. The van der Waals surface area contributed by atoms with Crippen LogP contribution >= 0.6 is 0 Å². The van der Waals surface area contributed by atoms with Crippen LogP contribution in [-0.4, -0.2) is 32.7 Å². The summed E-state index contributed by atoms with van der Waals surface area (Å²) in [6.07, 6.45) is 0. The third-order valence-corrected chi connectivity index (χ3v) is 3.41. The van der Waals surface area contributed by atoms with E-state index in [0.717, 1.165) is 9.58 Å². The van der Waals surface area contributed by atoms with E-state index in [-0.39, 0.29) is 22.5 Å². The minimum atomic E-state index is -1.25. The summed E-state index contributed by atoms with van der Waals surface area (Å²) in [6, 6.07) is 6.40. The molecule has 0 bridgehead atoms. The standard InChI is InChI=1S/C14H11N3O4/c1-7-10(11(14(20)21)16(2)15-7)17-12(18)8-5-3-4-6-9(8)13(17)19/h3-6H,1-2H3,(H,20,21). The number of aromatic carboxylic acids is 1. The van der Waals surface area contributed by atoms with Gasteiger partial charge in [0, 0.05) is 7.05 Å². The zero-order valence-electron chi connectivity index (χ0n) is 11.3. The van der Waals surface area contributed by atoms with E-state index in [1.807, 2.05) is 0 Å². The first kappa shape index (κ1) is 13.0. The monoisotopic (exact) mass is 285 g/mol. The first-order chi connectivity index (χ1) is 9.93. The Hall–Kier alpha value is -2.96. The molecule has 1 aliphatic rings. The molecule has 0 aliphatic carbocycles. The van der Waals surface area contributed by atoms with Gasteiger partial charge in [0.25, 0.3) is 11.8 Å². The van der Waals surface area contributed by atoms with Crippen molar-refractivity contribution in [3.8, 4) is 0 Å². The number of imide groups is 1.